The van der Waals surface area contributed by atoms with Crippen LogP contribution >= 0.6 is 11.8 Å². The van der Waals surface area contributed by atoms with Gasteiger partial charge < -0.3 is 29.2 Å². The average Bonchev–Trinajstić information content (AvgIpc) is 3.48. The van der Waals surface area contributed by atoms with Crippen LogP contribution in [0.3, 0.4) is 0 Å². The fourth-order valence-corrected chi connectivity index (χ4v) is 5.60. The topological polar surface area (TPSA) is 142 Å². The Hall–Kier alpha value is -4.02. The van der Waals surface area contributed by atoms with Crippen LogP contribution in [0.4, 0.5) is 22.8 Å². The molecule has 3 heterocycles. The highest BCUT2D eigenvalue weighted by molar-refractivity contribution is 7.99. The molecule has 50 heavy (non-hydrogen) atoms. The molecule has 278 valence electrons. The van der Waals surface area contributed by atoms with Crippen molar-refractivity contribution in [2.45, 2.75) is 104 Å². The first-order chi connectivity index (χ1) is 23.3. The maximum atomic E-state index is 12.9. The monoisotopic (exact) mass is 727 g/mol. The van der Waals surface area contributed by atoms with Crippen LogP contribution in [-0.4, -0.2) is 96.8 Å². The zero-order chi connectivity index (χ0) is 37.3. The second kappa shape index (κ2) is 17.3. The van der Waals surface area contributed by atoms with E-state index in [1.807, 2.05) is 34.6 Å². The molecule has 3 rings (SSSR count). The molecule has 3 aromatic rings. The van der Waals surface area contributed by atoms with Crippen LogP contribution in [0.1, 0.15) is 86.4 Å². The van der Waals surface area contributed by atoms with Crippen LogP contribution in [0.15, 0.2) is 24.8 Å². The summed E-state index contributed by atoms with van der Waals surface area (Å²) < 4.78 is 62.7. The number of carbonyl (C=O) groups is 2. The van der Waals surface area contributed by atoms with Crippen molar-refractivity contribution in [3.63, 3.8) is 0 Å². The lowest BCUT2D eigenvalue weighted by molar-refractivity contribution is -0.136. The van der Waals surface area contributed by atoms with E-state index in [4.69, 9.17) is 23.9 Å². The van der Waals surface area contributed by atoms with E-state index in [0.29, 0.717) is 52.8 Å². The molecule has 17 heteroatoms. The van der Waals surface area contributed by atoms with Gasteiger partial charge in [0.2, 0.25) is 5.65 Å². The van der Waals surface area contributed by atoms with E-state index in [1.165, 1.54) is 29.7 Å². The van der Waals surface area contributed by atoms with Gasteiger partial charge in [-0.3, -0.25) is 4.98 Å². The number of aromatic nitrogens is 5. The number of rotatable bonds is 15. The highest BCUT2D eigenvalue weighted by Gasteiger charge is 2.30. The minimum atomic E-state index is -4.33. The fraction of sp³-hybridized carbons (Fsp3) is 0.636. The normalized spacial score (nSPS) is 13.4. The summed E-state index contributed by atoms with van der Waals surface area (Å²) in [4.78, 5) is 40.3. The number of thioether (sulfide) groups is 1. The van der Waals surface area contributed by atoms with Gasteiger partial charge >= 0.3 is 18.4 Å². The number of halogens is 3. The molecule has 2 atom stereocenters. The Morgan fingerprint density at radius 1 is 1.04 bits per heavy atom. The standard InChI is InChI=1S/C33H48F3N7O6S/c1-10-42(30(45)49-32(6,7)8)21(2)24-17-23(26(46-9)18-37-24)25-19-43-27(38-20-39-43)28(41-25)47-14-16-50-15-12-22(11-13-33(34,35)36)40-29(44)48-31(3,4)5/h17-22H,10-16H2,1-9H3,(H,40,44)/t21-,22?/m1/s1. The highest BCUT2D eigenvalue weighted by atomic mass is 32.2. The number of pyridine rings is 1. The van der Waals surface area contributed by atoms with Gasteiger partial charge in [-0.25, -0.2) is 24.1 Å². The summed E-state index contributed by atoms with van der Waals surface area (Å²) in [6.45, 7) is 14.8. The predicted octanol–water partition coefficient (Wildman–Crippen LogP) is 7.25. The molecule has 13 nitrogen and oxygen atoms in total. The van der Waals surface area contributed by atoms with Crippen molar-refractivity contribution >= 4 is 29.6 Å². The third-order valence-electron chi connectivity index (χ3n) is 7.05. The Bertz CT molecular complexity index is 1580. The van der Waals surface area contributed by atoms with Gasteiger partial charge in [0, 0.05) is 30.3 Å². The average molecular weight is 728 g/mol. The number of ether oxygens (including phenoxy) is 4. The van der Waals surface area contributed by atoms with Crippen molar-refractivity contribution in [1.82, 2.24) is 34.8 Å². The molecule has 0 fully saturated rings. The zero-order valence-corrected chi connectivity index (χ0v) is 30.9. The molecule has 0 saturated heterocycles. The summed E-state index contributed by atoms with van der Waals surface area (Å²) in [5.74, 6) is 1.62. The Labute approximate surface area is 295 Å². The fourth-order valence-electron chi connectivity index (χ4n) is 4.75. The number of nitrogens with one attached hydrogen (secondary N) is 1. The van der Waals surface area contributed by atoms with E-state index in [0.717, 1.165) is 0 Å². The van der Waals surface area contributed by atoms with Crippen molar-refractivity contribution in [2.75, 3.05) is 31.8 Å². The van der Waals surface area contributed by atoms with E-state index in [2.05, 4.69) is 20.4 Å². The second-order valence-corrected chi connectivity index (χ2v) is 14.7. The number of methoxy groups -OCH3 is 1. The Kier molecular flexibility index (Phi) is 14.0. The number of hydrogen-bond donors (Lipinski definition) is 1. The summed E-state index contributed by atoms with van der Waals surface area (Å²) in [7, 11) is 1.52. The summed E-state index contributed by atoms with van der Waals surface area (Å²) in [5, 5.41) is 6.84. The van der Waals surface area contributed by atoms with Gasteiger partial charge in [-0.2, -0.15) is 30.0 Å². The van der Waals surface area contributed by atoms with Crippen LogP contribution in [0, 0.1) is 0 Å². The quantitative estimate of drug-likeness (QED) is 0.158. The Morgan fingerprint density at radius 2 is 1.74 bits per heavy atom. The van der Waals surface area contributed by atoms with E-state index >= 15 is 0 Å². The lowest BCUT2D eigenvalue weighted by Gasteiger charge is -2.30. The molecule has 0 aliphatic carbocycles. The van der Waals surface area contributed by atoms with Crippen LogP contribution in [-0.2, 0) is 9.47 Å². The molecule has 0 aromatic carbocycles. The first-order valence-electron chi connectivity index (χ1n) is 16.3. The molecule has 0 bridgehead atoms. The summed E-state index contributed by atoms with van der Waals surface area (Å²) in [6, 6.07) is 0.655. The predicted molar refractivity (Wildman–Crippen MR) is 183 cm³/mol. The molecular weight excluding hydrogens is 679 g/mol. The maximum absolute atomic E-state index is 12.9. The van der Waals surface area contributed by atoms with E-state index in [1.54, 1.807) is 44.1 Å². The van der Waals surface area contributed by atoms with Gasteiger partial charge in [0.05, 0.1) is 43.5 Å². The second-order valence-electron chi connectivity index (χ2n) is 13.5. The number of nitrogens with zero attached hydrogens (tertiary/aromatic N) is 6. The molecule has 0 aliphatic heterocycles. The molecule has 1 unspecified atom stereocenters. The number of alkyl carbamates (subject to hydrolysis) is 1. The van der Waals surface area contributed by atoms with Crippen molar-refractivity contribution < 1.29 is 41.7 Å². The number of fused-ring (bicyclic) bond motifs is 1. The van der Waals surface area contributed by atoms with Gasteiger partial charge in [0.25, 0.3) is 5.88 Å². The van der Waals surface area contributed by atoms with E-state index < -0.39 is 48.1 Å². The first kappa shape index (κ1) is 40.4. The third-order valence-corrected chi connectivity index (χ3v) is 8.03. The van der Waals surface area contributed by atoms with Crippen molar-refractivity contribution in [3.05, 3.63) is 30.5 Å². The lowest BCUT2D eigenvalue weighted by Crippen LogP contribution is -2.40. The van der Waals surface area contributed by atoms with Gasteiger partial charge in [0.1, 0.15) is 23.3 Å². The molecule has 0 aliphatic rings. The first-order valence-corrected chi connectivity index (χ1v) is 17.5. The molecule has 1 N–H and O–H groups in total. The molecule has 2 amide bonds. The number of hydrogen-bond acceptors (Lipinski definition) is 11. The van der Waals surface area contributed by atoms with Crippen molar-refractivity contribution in [3.8, 4) is 22.9 Å². The van der Waals surface area contributed by atoms with Gasteiger partial charge in [0.15, 0.2) is 0 Å². The van der Waals surface area contributed by atoms with Gasteiger partial charge in [-0.1, -0.05) is 0 Å². The SMILES string of the molecule is CCN(C(=O)OC(C)(C)C)[C@H](C)c1cc(-c2cn3ncnc3c(OCCSCCC(CCC(F)(F)F)NC(=O)OC(C)(C)C)n2)c(OC)cn1. The van der Waals surface area contributed by atoms with Gasteiger partial charge in [-0.15, -0.1) is 0 Å². The molecular formula is C33H48F3N7O6S. The lowest BCUT2D eigenvalue weighted by atomic mass is 10.1. The summed E-state index contributed by atoms with van der Waals surface area (Å²) >= 11 is 1.46. The van der Waals surface area contributed by atoms with Crippen molar-refractivity contribution in [1.29, 1.82) is 0 Å². The molecule has 3 aromatic heterocycles. The van der Waals surface area contributed by atoms with Crippen LogP contribution in [0.2, 0.25) is 0 Å². The molecule has 0 saturated carbocycles. The largest absolute Gasteiger partial charge is 0.494 e. The Morgan fingerprint density at radius 3 is 2.36 bits per heavy atom. The maximum Gasteiger partial charge on any atom is 0.410 e. The highest BCUT2D eigenvalue weighted by Crippen LogP contribution is 2.33. The number of alkyl halides is 3. The van der Waals surface area contributed by atoms with Gasteiger partial charge in [-0.05, 0) is 80.1 Å². The van der Waals surface area contributed by atoms with Crippen LogP contribution < -0.4 is 14.8 Å². The summed E-state index contributed by atoms with van der Waals surface area (Å²) in [6.07, 6.45) is -1.88. The smallest absolute Gasteiger partial charge is 0.410 e. The minimum Gasteiger partial charge on any atom is -0.494 e. The molecule has 0 spiro atoms. The van der Waals surface area contributed by atoms with Crippen LogP contribution in [0.5, 0.6) is 11.6 Å². The number of amides is 2. The number of carbonyl (C=O) groups excluding carboxylic acids is 2. The van der Waals surface area contributed by atoms with E-state index in [9.17, 15) is 22.8 Å². The van der Waals surface area contributed by atoms with Crippen LogP contribution in [0.25, 0.3) is 16.9 Å². The zero-order valence-electron chi connectivity index (χ0n) is 30.1. The third kappa shape index (κ3) is 12.7. The summed E-state index contributed by atoms with van der Waals surface area (Å²) in [5.41, 5.74) is 0.585. The van der Waals surface area contributed by atoms with Crippen molar-refractivity contribution in [2.24, 2.45) is 0 Å². The molecule has 0 radical (unpaired) electrons. The minimum absolute atomic E-state index is 0.215. The Balaban J connectivity index is 1.72. The van der Waals surface area contributed by atoms with E-state index in [-0.39, 0.29) is 18.9 Å².